The molecule has 0 aromatic rings. The van der Waals surface area contributed by atoms with Crippen LogP contribution in [0.1, 0.15) is 130 Å². The van der Waals surface area contributed by atoms with Crippen LogP contribution >= 0.6 is 0 Å². The van der Waals surface area contributed by atoms with Crippen LogP contribution in [0.25, 0.3) is 0 Å². The number of hydrogen-bond acceptors (Lipinski definition) is 8. The van der Waals surface area contributed by atoms with E-state index in [1.807, 2.05) is 0 Å². The summed E-state index contributed by atoms with van der Waals surface area (Å²) < 4.78 is 22.1. The van der Waals surface area contributed by atoms with Gasteiger partial charge in [0.15, 0.2) is 0 Å². The average Bonchev–Trinajstić information content (AvgIpc) is 2.88. The minimum Gasteiger partial charge on any atom is -0.465 e. The smallest absolute Gasteiger partial charge is 0.305 e. The first kappa shape index (κ1) is 34.9. The minimum atomic E-state index is -1.17. The van der Waals surface area contributed by atoms with Gasteiger partial charge in [-0.25, -0.2) is 0 Å². The molecular formula is C29H52O8. The molecule has 8 nitrogen and oxygen atoms in total. The summed E-state index contributed by atoms with van der Waals surface area (Å²) in [7, 11) is 0. The van der Waals surface area contributed by atoms with Crippen LogP contribution < -0.4 is 0 Å². The Morgan fingerprint density at radius 3 is 0.811 bits per heavy atom. The van der Waals surface area contributed by atoms with Crippen molar-refractivity contribution in [1.82, 2.24) is 0 Å². The number of esters is 4. The Labute approximate surface area is 224 Å². The fourth-order valence-electron chi connectivity index (χ4n) is 3.55. The molecule has 0 unspecified atom stereocenters. The highest BCUT2D eigenvalue weighted by molar-refractivity contribution is 5.71. The van der Waals surface area contributed by atoms with Crippen molar-refractivity contribution in [2.45, 2.75) is 130 Å². The molecular weight excluding hydrogens is 476 g/mol. The van der Waals surface area contributed by atoms with E-state index in [4.69, 9.17) is 18.9 Å². The minimum absolute atomic E-state index is 0.176. The van der Waals surface area contributed by atoms with Crippen LogP contribution in [-0.4, -0.2) is 50.3 Å². The fourth-order valence-corrected chi connectivity index (χ4v) is 3.55. The molecule has 37 heavy (non-hydrogen) atoms. The van der Waals surface area contributed by atoms with Crippen molar-refractivity contribution in [3.05, 3.63) is 0 Å². The van der Waals surface area contributed by atoms with Crippen LogP contribution in [0.5, 0.6) is 0 Å². The van der Waals surface area contributed by atoms with Gasteiger partial charge in [-0.3, -0.25) is 19.2 Å². The molecule has 216 valence electrons. The largest absolute Gasteiger partial charge is 0.465 e. The third-order valence-electron chi connectivity index (χ3n) is 6.10. The topological polar surface area (TPSA) is 105 Å². The number of rotatable bonds is 24. The highest BCUT2D eigenvalue weighted by atomic mass is 16.6. The lowest BCUT2D eigenvalue weighted by Crippen LogP contribution is -2.44. The molecule has 8 heteroatoms. The van der Waals surface area contributed by atoms with Crippen molar-refractivity contribution in [1.29, 1.82) is 0 Å². The Hall–Kier alpha value is -2.12. The van der Waals surface area contributed by atoms with Crippen molar-refractivity contribution < 1.29 is 38.1 Å². The summed E-state index contributed by atoms with van der Waals surface area (Å²) in [6.07, 6.45) is 11.5. The second kappa shape index (κ2) is 23.0. The van der Waals surface area contributed by atoms with Gasteiger partial charge >= 0.3 is 23.9 Å². The molecule has 0 fully saturated rings. The van der Waals surface area contributed by atoms with Crippen LogP contribution in [0.3, 0.4) is 0 Å². The first-order valence-corrected chi connectivity index (χ1v) is 14.4. The first-order valence-electron chi connectivity index (χ1n) is 14.4. The zero-order valence-electron chi connectivity index (χ0n) is 23.9. The van der Waals surface area contributed by atoms with Gasteiger partial charge < -0.3 is 18.9 Å². The molecule has 0 amide bonds. The van der Waals surface area contributed by atoms with E-state index in [9.17, 15) is 19.2 Å². The lowest BCUT2D eigenvalue weighted by molar-refractivity contribution is -0.170. The normalized spacial score (nSPS) is 11.1. The lowest BCUT2D eigenvalue weighted by atomic mass is 9.92. The first-order chi connectivity index (χ1) is 17.8. The molecule has 0 aromatic carbocycles. The standard InChI is InChI=1S/C29H52O8/c1-5-9-13-17-25(30)34-21-29(22-35-26(31)18-14-10-6-2,23-36-27(32)19-15-11-7-3)24-37-28(33)20-16-12-8-4/h5-24H2,1-4H3. The molecule has 0 bridgehead atoms. The van der Waals surface area contributed by atoms with E-state index < -0.39 is 5.41 Å². The number of carbonyl (C=O) groups is 4. The SMILES string of the molecule is CCCCCC(=O)OCC(COC(=O)CCCCC)(COC(=O)CCCCC)COC(=O)CCCCC. The maximum atomic E-state index is 12.4. The molecule has 0 radical (unpaired) electrons. The number of unbranched alkanes of at least 4 members (excludes halogenated alkanes) is 8. The molecule has 0 spiro atoms. The predicted molar refractivity (Wildman–Crippen MR) is 143 cm³/mol. The van der Waals surface area contributed by atoms with Crippen molar-refractivity contribution in [2.24, 2.45) is 5.41 Å². The summed E-state index contributed by atoms with van der Waals surface area (Å²) >= 11 is 0. The molecule has 0 atom stereocenters. The third kappa shape index (κ3) is 19.6. The quantitative estimate of drug-likeness (QED) is 0.0797. The molecule has 0 saturated carbocycles. The zero-order chi connectivity index (χ0) is 27.8. The molecule has 0 aliphatic carbocycles. The zero-order valence-corrected chi connectivity index (χ0v) is 23.9. The molecule has 0 aliphatic rings. The lowest BCUT2D eigenvalue weighted by Gasteiger charge is -2.31. The van der Waals surface area contributed by atoms with Crippen molar-refractivity contribution >= 4 is 23.9 Å². The van der Waals surface area contributed by atoms with Gasteiger partial charge in [0.1, 0.15) is 31.8 Å². The Morgan fingerprint density at radius 2 is 0.622 bits per heavy atom. The van der Waals surface area contributed by atoms with Crippen molar-refractivity contribution in [3.63, 3.8) is 0 Å². The second-order valence-electron chi connectivity index (χ2n) is 9.97. The average molecular weight is 529 g/mol. The van der Waals surface area contributed by atoms with E-state index in [-0.39, 0.29) is 76.0 Å². The van der Waals surface area contributed by atoms with E-state index in [0.717, 1.165) is 51.4 Å². The van der Waals surface area contributed by atoms with Crippen molar-refractivity contribution in [3.8, 4) is 0 Å². The Morgan fingerprint density at radius 1 is 0.405 bits per heavy atom. The number of ether oxygens (including phenoxy) is 4. The summed E-state index contributed by atoms with van der Waals surface area (Å²) in [5.74, 6) is -1.52. The summed E-state index contributed by atoms with van der Waals surface area (Å²) in [5.41, 5.74) is -1.17. The van der Waals surface area contributed by atoms with Crippen LogP contribution in [0.4, 0.5) is 0 Å². The molecule has 0 aliphatic heterocycles. The molecule has 0 aromatic heterocycles. The fraction of sp³-hybridized carbons (Fsp3) is 0.862. The second-order valence-corrected chi connectivity index (χ2v) is 9.97. The molecule has 0 N–H and O–H groups in total. The predicted octanol–water partition coefficient (Wildman–Crippen LogP) is 6.47. The van der Waals surface area contributed by atoms with Crippen LogP contribution in [0.2, 0.25) is 0 Å². The number of carbonyl (C=O) groups excluding carboxylic acids is 4. The van der Waals surface area contributed by atoms with E-state index in [1.165, 1.54) is 0 Å². The van der Waals surface area contributed by atoms with Gasteiger partial charge in [-0.1, -0.05) is 79.1 Å². The van der Waals surface area contributed by atoms with Gasteiger partial charge in [-0.2, -0.15) is 0 Å². The highest BCUT2D eigenvalue weighted by Crippen LogP contribution is 2.23. The molecule has 0 saturated heterocycles. The van der Waals surface area contributed by atoms with Gasteiger partial charge in [0.05, 0.1) is 0 Å². The maximum Gasteiger partial charge on any atom is 0.305 e. The van der Waals surface area contributed by atoms with Gasteiger partial charge in [-0.05, 0) is 25.7 Å². The monoisotopic (exact) mass is 528 g/mol. The molecule has 0 heterocycles. The Balaban J connectivity index is 5.45. The summed E-state index contributed by atoms with van der Waals surface area (Å²) in [5, 5.41) is 0. The van der Waals surface area contributed by atoms with Crippen LogP contribution in [0, 0.1) is 5.41 Å². The van der Waals surface area contributed by atoms with Crippen LogP contribution in [-0.2, 0) is 38.1 Å². The summed E-state index contributed by atoms with van der Waals surface area (Å²) in [6, 6.07) is 0. The molecule has 0 rings (SSSR count). The van der Waals surface area contributed by atoms with Crippen LogP contribution in [0.15, 0.2) is 0 Å². The van der Waals surface area contributed by atoms with Gasteiger partial charge in [0, 0.05) is 25.7 Å². The van der Waals surface area contributed by atoms with E-state index in [2.05, 4.69) is 27.7 Å². The maximum absolute atomic E-state index is 12.4. The van der Waals surface area contributed by atoms with E-state index >= 15 is 0 Å². The van der Waals surface area contributed by atoms with E-state index in [0.29, 0.717) is 25.7 Å². The van der Waals surface area contributed by atoms with Gasteiger partial charge in [-0.15, -0.1) is 0 Å². The number of hydrogen-bond donors (Lipinski definition) is 0. The highest BCUT2D eigenvalue weighted by Gasteiger charge is 2.38. The Kier molecular flexibility index (Phi) is 21.7. The van der Waals surface area contributed by atoms with Gasteiger partial charge in [0.25, 0.3) is 0 Å². The van der Waals surface area contributed by atoms with E-state index in [1.54, 1.807) is 0 Å². The summed E-state index contributed by atoms with van der Waals surface area (Å²) in [4.78, 5) is 49.4. The van der Waals surface area contributed by atoms with Gasteiger partial charge in [0.2, 0.25) is 0 Å². The third-order valence-corrected chi connectivity index (χ3v) is 6.10. The van der Waals surface area contributed by atoms with Crippen molar-refractivity contribution in [2.75, 3.05) is 26.4 Å². The summed E-state index contributed by atoms with van der Waals surface area (Å²) in [6.45, 7) is 7.50. The Bertz CT molecular complexity index is 522.